The minimum absolute atomic E-state index is 0.847. The maximum atomic E-state index is 4.58. The van der Waals surface area contributed by atoms with Gasteiger partial charge in [-0.1, -0.05) is 23.8 Å². The molecule has 3 nitrogen and oxygen atoms in total. The second-order valence-electron chi connectivity index (χ2n) is 5.85. The molecule has 3 heteroatoms. The monoisotopic (exact) mass is 281 g/mol. The topological polar surface area (TPSA) is 28.2 Å². The fourth-order valence-corrected chi connectivity index (χ4v) is 2.90. The van der Waals surface area contributed by atoms with Gasteiger partial charge in [-0.05, 0) is 49.9 Å². The Morgan fingerprint density at radius 1 is 1.14 bits per heavy atom. The zero-order valence-corrected chi connectivity index (χ0v) is 12.9. The smallest absolute Gasteiger partial charge is 0.151 e. The largest absolute Gasteiger partial charge is 0.378 e. The molecule has 0 spiro atoms. The molecule has 0 saturated carbocycles. The molecule has 0 amide bonds. The first-order chi connectivity index (χ1) is 10.2. The van der Waals surface area contributed by atoms with Gasteiger partial charge in [0.15, 0.2) is 5.82 Å². The molecule has 1 saturated heterocycles. The number of nitrogens with zero attached hydrogens (tertiary/aromatic N) is 2. The van der Waals surface area contributed by atoms with Gasteiger partial charge in [0.25, 0.3) is 0 Å². The Labute approximate surface area is 127 Å². The molecule has 0 aliphatic carbocycles. The molecule has 0 atom stereocenters. The zero-order chi connectivity index (χ0) is 14.7. The van der Waals surface area contributed by atoms with Gasteiger partial charge in [-0.2, -0.15) is 0 Å². The SMILES string of the molecule is Cc1ccc(C)c(CNc2cccnc2N2CCCC2)c1. The first-order valence-corrected chi connectivity index (χ1v) is 7.74. The Kier molecular flexibility index (Phi) is 4.09. The van der Waals surface area contributed by atoms with Gasteiger partial charge in [-0.3, -0.25) is 0 Å². The second kappa shape index (κ2) is 6.17. The highest BCUT2D eigenvalue weighted by Crippen LogP contribution is 2.26. The van der Waals surface area contributed by atoms with E-state index < -0.39 is 0 Å². The predicted molar refractivity (Wildman–Crippen MR) is 88.9 cm³/mol. The number of rotatable bonds is 4. The first-order valence-electron chi connectivity index (χ1n) is 7.74. The van der Waals surface area contributed by atoms with Crippen molar-refractivity contribution in [2.45, 2.75) is 33.2 Å². The fraction of sp³-hybridized carbons (Fsp3) is 0.389. The normalized spacial score (nSPS) is 14.5. The lowest BCUT2D eigenvalue weighted by Crippen LogP contribution is -2.20. The van der Waals surface area contributed by atoms with Crippen molar-refractivity contribution < 1.29 is 0 Å². The van der Waals surface area contributed by atoms with E-state index in [1.807, 2.05) is 12.3 Å². The summed E-state index contributed by atoms with van der Waals surface area (Å²) in [5.41, 5.74) is 5.13. The van der Waals surface area contributed by atoms with Gasteiger partial charge >= 0.3 is 0 Å². The van der Waals surface area contributed by atoms with E-state index in [2.05, 4.69) is 53.3 Å². The lowest BCUT2D eigenvalue weighted by atomic mass is 10.1. The quantitative estimate of drug-likeness (QED) is 0.921. The summed E-state index contributed by atoms with van der Waals surface area (Å²) in [6, 6.07) is 10.8. The molecule has 0 bridgehead atoms. The van der Waals surface area contributed by atoms with Gasteiger partial charge in [0, 0.05) is 25.8 Å². The van der Waals surface area contributed by atoms with Crippen molar-refractivity contribution in [3.8, 4) is 0 Å². The van der Waals surface area contributed by atoms with Crippen LogP contribution < -0.4 is 10.2 Å². The molecule has 0 unspecified atom stereocenters. The summed E-state index contributed by atoms with van der Waals surface area (Å²) in [5, 5.41) is 3.57. The number of pyridine rings is 1. The van der Waals surface area contributed by atoms with E-state index in [9.17, 15) is 0 Å². The highest BCUT2D eigenvalue weighted by atomic mass is 15.2. The van der Waals surface area contributed by atoms with Gasteiger partial charge in [0.05, 0.1) is 5.69 Å². The van der Waals surface area contributed by atoms with E-state index >= 15 is 0 Å². The number of aryl methyl sites for hydroxylation is 2. The van der Waals surface area contributed by atoms with Crippen LogP contribution in [0.4, 0.5) is 11.5 Å². The Hall–Kier alpha value is -2.03. The lowest BCUT2D eigenvalue weighted by Gasteiger charge is -2.20. The van der Waals surface area contributed by atoms with E-state index in [-0.39, 0.29) is 0 Å². The van der Waals surface area contributed by atoms with Crippen molar-refractivity contribution in [1.82, 2.24) is 4.98 Å². The van der Waals surface area contributed by atoms with Crippen molar-refractivity contribution in [3.05, 3.63) is 53.2 Å². The highest BCUT2D eigenvalue weighted by molar-refractivity contribution is 5.65. The van der Waals surface area contributed by atoms with Gasteiger partial charge in [-0.15, -0.1) is 0 Å². The van der Waals surface area contributed by atoms with Crippen LogP contribution in [0.2, 0.25) is 0 Å². The van der Waals surface area contributed by atoms with E-state index in [4.69, 9.17) is 0 Å². The summed E-state index contributed by atoms with van der Waals surface area (Å²) in [6.45, 7) is 7.40. The van der Waals surface area contributed by atoms with Crippen LogP contribution in [0.5, 0.6) is 0 Å². The van der Waals surface area contributed by atoms with Gasteiger partial charge < -0.3 is 10.2 Å². The number of benzene rings is 1. The van der Waals surface area contributed by atoms with Crippen molar-refractivity contribution in [2.75, 3.05) is 23.3 Å². The maximum Gasteiger partial charge on any atom is 0.151 e. The number of anilines is 2. The Morgan fingerprint density at radius 2 is 1.95 bits per heavy atom. The van der Waals surface area contributed by atoms with Crippen molar-refractivity contribution >= 4 is 11.5 Å². The third kappa shape index (κ3) is 3.18. The zero-order valence-electron chi connectivity index (χ0n) is 12.9. The van der Waals surface area contributed by atoms with Crippen LogP contribution in [0.3, 0.4) is 0 Å². The molecule has 1 fully saturated rings. The minimum atomic E-state index is 0.847. The predicted octanol–water partition coefficient (Wildman–Crippen LogP) is 3.91. The van der Waals surface area contributed by atoms with Crippen LogP contribution in [-0.2, 0) is 6.54 Å². The average Bonchev–Trinajstić information content (AvgIpc) is 3.03. The molecule has 0 radical (unpaired) electrons. The molecule has 21 heavy (non-hydrogen) atoms. The molecular formula is C18H23N3. The summed E-state index contributed by atoms with van der Waals surface area (Å²) in [5.74, 6) is 1.10. The molecule has 1 aromatic heterocycles. The van der Waals surface area contributed by atoms with Gasteiger partial charge in [0.2, 0.25) is 0 Å². The summed E-state index contributed by atoms with van der Waals surface area (Å²) in [7, 11) is 0. The fourth-order valence-electron chi connectivity index (χ4n) is 2.90. The van der Waals surface area contributed by atoms with Crippen molar-refractivity contribution in [2.24, 2.45) is 0 Å². The summed E-state index contributed by atoms with van der Waals surface area (Å²) in [6.07, 6.45) is 4.43. The van der Waals surface area contributed by atoms with E-state index in [0.29, 0.717) is 0 Å². The summed E-state index contributed by atoms with van der Waals surface area (Å²) >= 11 is 0. The molecule has 110 valence electrons. The summed E-state index contributed by atoms with van der Waals surface area (Å²) in [4.78, 5) is 6.96. The van der Waals surface area contributed by atoms with Gasteiger partial charge in [0.1, 0.15) is 0 Å². The molecule has 2 heterocycles. The molecule has 2 aromatic rings. The molecule has 1 N–H and O–H groups in total. The average molecular weight is 281 g/mol. The standard InChI is InChI=1S/C18H23N3/c1-14-7-8-15(2)16(12-14)13-20-17-6-5-9-19-18(17)21-10-3-4-11-21/h5-9,12,20H,3-4,10-11,13H2,1-2H3. The Balaban J connectivity index is 1.77. The van der Waals surface area contributed by atoms with Crippen LogP contribution in [-0.4, -0.2) is 18.1 Å². The van der Waals surface area contributed by atoms with Crippen LogP contribution in [0.25, 0.3) is 0 Å². The third-order valence-corrected chi connectivity index (χ3v) is 4.17. The highest BCUT2D eigenvalue weighted by Gasteiger charge is 2.16. The lowest BCUT2D eigenvalue weighted by molar-refractivity contribution is 0.934. The Morgan fingerprint density at radius 3 is 2.76 bits per heavy atom. The Bertz CT molecular complexity index is 616. The number of hydrogen-bond donors (Lipinski definition) is 1. The van der Waals surface area contributed by atoms with Gasteiger partial charge in [-0.25, -0.2) is 4.98 Å². The van der Waals surface area contributed by atoms with E-state index in [1.54, 1.807) is 0 Å². The summed E-state index contributed by atoms with van der Waals surface area (Å²) < 4.78 is 0. The third-order valence-electron chi connectivity index (χ3n) is 4.17. The molecule has 1 aliphatic heterocycles. The molecule has 3 rings (SSSR count). The van der Waals surface area contributed by atoms with Crippen LogP contribution >= 0.6 is 0 Å². The van der Waals surface area contributed by atoms with E-state index in [0.717, 1.165) is 31.1 Å². The number of nitrogens with one attached hydrogen (secondary N) is 1. The van der Waals surface area contributed by atoms with Crippen LogP contribution in [0, 0.1) is 13.8 Å². The second-order valence-corrected chi connectivity index (χ2v) is 5.85. The number of aromatic nitrogens is 1. The molecular weight excluding hydrogens is 258 g/mol. The van der Waals surface area contributed by atoms with Crippen LogP contribution in [0.1, 0.15) is 29.5 Å². The van der Waals surface area contributed by atoms with Crippen molar-refractivity contribution in [1.29, 1.82) is 0 Å². The maximum absolute atomic E-state index is 4.58. The molecule has 1 aromatic carbocycles. The minimum Gasteiger partial charge on any atom is -0.378 e. The number of hydrogen-bond acceptors (Lipinski definition) is 3. The van der Waals surface area contributed by atoms with Crippen LogP contribution in [0.15, 0.2) is 36.5 Å². The molecule has 1 aliphatic rings. The van der Waals surface area contributed by atoms with Crippen molar-refractivity contribution in [3.63, 3.8) is 0 Å². The van der Waals surface area contributed by atoms with E-state index in [1.165, 1.54) is 29.5 Å². The first kappa shape index (κ1) is 13.9.